The third-order valence-electron chi connectivity index (χ3n) is 6.19. The predicted octanol–water partition coefficient (Wildman–Crippen LogP) is 5.27. The van der Waals surface area contributed by atoms with E-state index in [9.17, 15) is 25.5 Å². The van der Waals surface area contributed by atoms with Crippen molar-refractivity contribution in [3.63, 3.8) is 0 Å². The molecule has 6 heteroatoms. The zero-order chi connectivity index (χ0) is 23.8. The molecule has 6 nitrogen and oxygen atoms in total. The summed E-state index contributed by atoms with van der Waals surface area (Å²) in [6.45, 7) is 0. The summed E-state index contributed by atoms with van der Waals surface area (Å²) in [5.41, 5.74) is 3.92. The van der Waals surface area contributed by atoms with Crippen molar-refractivity contribution in [3.05, 3.63) is 107 Å². The van der Waals surface area contributed by atoms with E-state index in [0.29, 0.717) is 23.3 Å². The molecule has 0 saturated carbocycles. The number of benzene rings is 4. The molecule has 172 valence electrons. The van der Waals surface area contributed by atoms with Gasteiger partial charge in [0.05, 0.1) is 5.92 Å². The largest absolute Gasteiger partial charge is 0.508 e. The summed E-state index contributed by atoms with van der Waals surface area (Å²) in [6.07, 6.45) is 0.857. The zero-order valence-corrected chi connectivity index (χ0v) is 18.2. The van der Waals surface area contributed by atoms with E-state index in [0.717, 1.165) is 23.1 Å². The minimum absolute atomic E-state index is 0.0762. The second-order valence-corrected chi connectivity index (χ2v) is 8.58. The molecule has 0 unspecified atom stereocenters. The molecule has 0 fully saturated rings. The van der Waals surface area contributed by atoms with Gasteiger partial charge < -0.3 is 30.3 Å². The van der Waals surface area contributed by atoms with Crippen molar-refractivity contribution in [2.75, 3.05) is 0 Å². The first kappa shape index (κ1) is 21.5. The Hall–Kier alpha value is -4.32. The molecule has 5 rings (SSSR count). The molecule has 0 saturated heterocycles. The molecule has 0 bridgehead atoms. The molecule has 0 aromatic heterocycles. The van der Waals surface area contributed by atoms with Gasteiger partial charge in [0.1, 0.15) is 40.6 Å². The van der Waals surface area contributed by atoms with Gasteiger partial charge >= 0.3 is 0 Å². The topological polar surface area (TPSA) is 110 Å². The van der Waals surface area contributed by atoms with Crippen molar-refractivity contribution in [1.29, 1.82) is 0 Å². The van der Waals surface area contributed by atoms with Gasteiger partial charge in [-0.15, -0.1) is 0 Å². The van der Waals surface area contributed by atoms with Gasteiger partial charge in [-0.05, 0) is 83.6 Å². The number of phenolic OH excluding ortho intramolecular Hbond substituents is 5. The number of rotatable bonds is 5. The Kier molecular flexibility index (Phi) is 5.42. The highest BCUT2D eigenvalue weighted by Crippen LogP contribution is 2.54. The van der Waals surface area contributed by atoms with E-state index in [-0.39, 0.29) is 28.7 Å². The van der Waals surface area contributed by atoms with E-state index in [2.05, 4.69) is 0 Å². The van der Waals surface area contributed by atoms with Crippen molar-refractivity contribution in [2.24, 2.45) is 0 Å². The highest BCUT2D eigenvalue weighted by Gasteiger charge is 2.39. The summed E-state index contributed by atoms with van der Waals surface area (Å²) < 4.78 is 6.33. The Morgan fingerprint density at radius 1 is 0.559 bits per heavy atom. The number of aryl methyl sites for hydroxylation is 2. The lowest BCUT2D eigenvalue weighted by Gasteiger charge is -2.21. The summed E-state index contributed by atoms with van der Waals surface area (Å²) >= 11 is 0. The zero-order valence-electron chi connectivity index (χ0n) is 18.2. The van der Waals surface area contributed by atoms with E-state index in [4.69, 9.17) is 4.74 Å². The maximum absolute atomic E-state index is 11.0. The SMILES string of the molecule is Oc1ccc(CCc2cc(O)c3c(c2)O[C@H](c2ccc(O)cc2)[C@H]3c2cc(O)cc(O)c2)cc1. The quantitative estimate of drug-likeness (QED) is 0.280. The lowest BCUT2D eigenvalue weighted by molar-refractivity contribution is 0.222. The van der Waals surface area contributed by atoms with Gasteiger partial charge in [-0.3, -0.25) is 0 Å². The fourth-order valence-electron chi connectivity index (χ4n) is 4.59. The van der Waals surface area contributed by atoms with Crippen molar-refractivity contribution in [1.82, 2.24) is 0 Å². The van der Waals surface area contributed by atoms with Crippen LogP contribution in [0.4, 0.5) is 0 Å². The molecule has 0 spiro atoms. The lowest BCUT2D eigenvalue weighted by Crippen LogP contribution is -2.11. The number of hydrogen-bond donors (Lipinski definition) is 5. The summed E-state index contributed by atoms with van der Waals surface area (Å²) in [5.74, 6) is 0.306. The van der Waals surface area contributed by atoms with Crippen LogP contribution in [0.2, 0.25) is 0 Å². The van der Waals surface area contributed by atoms with E-state index in [1.807, 2.05) is 18.2 Å². The van der Waals surface area contributed by atoms with Gasteiger partial charge in [-0.2, -0.15) is 0 Å². The summed E-state index contributed by atoms with van der Waals surface area (Å²) in [7, 11) is 0. The molecule has 0 aliphatic carbocycles. The molecule has 4 aromatic carbocycles. The van der Waals surface area contributed by atoms with Crippen LogP contribution in [0.15, 0.2) is 78.9 Å². The van der Waals surface area contributed by atoms with Crippen LogP contribution in [0.3, 0.4) is 0 Å². The first-order valence-electron chi connectivity index (χ1n) is 11.0. The average molecular weight is 456 g/mol. The van der Waals surface area contributed by atoms with E-state index >= 15 is 0 Å². The minimum Gasteiger partial charge on any atom is -0.508 e. The van der Waals surface area contributed by atoms with Crippen LogP contribution >= 0.6 is 0 Å². The first-order valence-corrected chi connectivity index (χ1v) is 11.0. The van der Waals surface area contributed by atoms with Crippen LogP contribution in [0.5, 0.6) is 34.5 Å². The summed E-state index contributed by atoms with van der Waals surface area (Å²) in [5, 5.41) is 50.4. The van der Waals surface area contributed by atoms with Gasteiger partial charge in [0.25, 0.3) is 0 Å². The summed E-state index contributed by atoms with van der Waals surface area (Å²) in [4.78, 5) is 0. The predicted molar refractivity (Wildman–Crippen MR) is 127 cm³/mol. The Morgan fingerprint density at radius 2 is 1.15 bits per heavy atom. The number of fused-ring (bicyclic) bond motifs is 1. The third kappa shape index (κ3) is 4.18. The average Bonchev–Trinajstić information content (AvgIpc) is 3.19. The molecule has 2 atom stereocenters. The number of ether oxygens (including phenoxy) is 1. The van der Waals surface area contributed by atoms with Crippen molar-refractivity contribution in [3.8, 4) is 34.5 Å². The number of phenols is 5. The van der Waals surface area contributed by atoms with Crippen LogP contribution in [0.1, 0.15) is 39.8 Å². The van der Waals surface area contributed by atoms with E-state index in [1.165, 1.54) is 6.07 Å². The highest BCUT2D eigenvalue weighted by atomic mass is 16.5. The van der Waals surface area contributed by atoms with Gasteiger partial charge in [0.15, 0.2) is 0 Å². The Labute approximate surface area is 196 Å². The maximum atomic E-state index is 11.0. The van der Waals surface area contributed by atoms with Gasteiger partial charge in [-0.25, -0.2) is 0 Å². The molecule has 5 N–H and O–H groups in total. The van der Waals surface area contributed by atoms with Gasteiger partial charge in [0.2, 0.25) is 0 Å². The first-order chi connectivity index (χ1) is 16.4. The minimum atomic E-state index is -0.532. The monoisotopic (exact) mass is 456 g/mol. The second-order valence-electron chi connectivity index (χ2n) is 8.58. The molecule has 34 heavy (non-hydrogen) atoms. The number of hydrogen-bond acceptors (Lipinski definition) is 6. The van der Waals surface area contributed by atoms with Crippen molar-refractivity contribution >= 4 is 0 Å². The van der Waals surface area contributed by atoms with Crippen LogP contribution in [0.25, 0.3) is 0 Å². The Morgan fingerprint density at radius 3 is 1.79 bits per heavy atom. The Balaban J connectivity index is 1.53. The molecule has 0 amide bonds. The molecular weight excluding hydrogens is 432 g/mol. The lowest BCUT2D eigenvalue weighted by atomic mass is 9.84. The smallest absolute Gasteiger partial charge is 0.135 e. The molecule has 1 aliphatic heterocycles. The van der Waals surface area contributed by atoms with E-state index < -0.39 is 12.0 Å². The van der Waals surface area contributed by atoms with Crippen LogP contribution in [-0.4, -0.2) is 25.5 Å². The highest BCUT2D eigenvalue weighted by molar-refractivity contribution is 5.58. The van der Waals surface area contributed by atoms with Gasteiger partial charge in [0, 0.05) is 11.6 Å². The van der Waals surface area contributed by atoms with Crippen molar-refractivity contribution in [2.45, 2.75) is 24.9 Å². The van der Waals surface area contributed by atoms with E-state index in [1.54, 1.807) is 54.6 Å². The third-order valence-corrected chi connectivity index (χ3v) is 6.19. The molecule has 1 aliphatic rings. The molecule has 4 aromatic rings. The van der Waals surface area contributed by atoms with Gasteiger partial charge in [-0.1, -0.05) is 24.3 Å². The Bertz CT molecular complexity index is 1310. The maximum Gasteiger partial charge on any atom is 0.135 e. The normalized spacial score (nSPS) is 16.7. The standard InChI is InChI=1S/C28H24O6/c29-20-7-3-16(4-8-20)1-2-17-11-24(33)27-25(12-17)34-28(18-5-9-21(30)10-6-18)26(27)19-13-22(31)15-23(32)14-19/h3-15,26,28-33H,1-2H2/t26-,28+/m0/s1. The van der Waals surface area contributed by atoms with Crippen LogP contribution in [0, 0.1) is 0 Å². The van der Waals surface area contributed by atoms with Crippen LogP contribution < -0.4 is 4.74 Å². The van der Waals surface area contributed by atoms with Crippen molar-refractivity contribution < 1.29 is 30.3 Å². The fraction of sp³-hybridized carbons (Fsp3) is 0.143. The molecule has 0 radical (unpaired) electrons. The summed E-state index contributed by atoms with van der Waals surface area (Å²) in [6, 6.07) is 21.7. The molecule has 1 heterocycles. The number of aromatic hydroxyl groups is 5. The van der Waals surface area contributed by atoms with Crippen LogP contribution in [-0.2, 0) is 12.8 Å². The molecular formula is C28H24O6. The fourth-order valence-corrected chi connectivity index (χ4v) is 4.59. The second kappa shape index (κ2) is 8.56.